The standard InChI is InChI=1S/C20H28N2O3S/c1-13(11-23)10-17(22-19(24)25-20(3,4)5)15-6-8-16(9-7-15)18-14(2)21-12-26-18/h6-9,12-13,17,23H,10-11H2,1-5H3,(H,22,24)/t13?,17-/m0/s1. The lowest BCUT2D eigenvalue weighted by Gasteiger charge is -2.25. The van der Waals surface area contributed by atoms with Crippen LogP contribution in [0, 0.1) is 12.8 Å². The Bertz CT molecular complexity index is 719. The zero-order chi connectivity index (χ0) is 19.3. The van der Waals surface area contributed by atoms with E-state index in [4.69, 9.17) is 4.74 Å². The maximum absolute atomic E-state index is 12.2. The number of aryl methyl sites for hydroxylation is 1. The van der Waals surface area contributed by atoms with E-state index in [0.717, 1.165) is 21.7 Å². The van der Waals surface area contributed by atoms with Crippen LogP contribution in [0.4, 0.5) is 4.79 Å². The Morgan fingerprint density at radius 3 is 2.46 bits per heavy atom. The monoisotopic (exact) mass is 376 g/mol. The Morgan fingerprint density at radius 2 is 1.96 bits per heavy atom. The number of nitrogens with one attached hydrogen (secondary N) is 1. The highest BCUT2D eigenvalue weighted by molar-refractivity contribution is 7.13. The van der Waals surface area contributed by atoms with Gasteiger partial charge in [0.25, 0.3) is 0 Å². The van der Waals surface area contributed by atoms with Gasteiger partial charge in [-0.15, -0.1) is 11.3 Å². The Hall–Kier alpha value is -1.92. The fourth-order valence-electron chi connectivity index (χ4n) is 2.65. The topological polar surface area (TPSA) is 71.5 Å². The molecule has 2 atom stereocenters. The molecule has 2 rings (SSSR count). The molecule has 5 nitrogen and oxygen atoms in total. The van der Waals surface area contributed by atoms with Crippen molar-refractivity contribution in [1.82, 2.24) is 10.3 Å². The van der Waals surface area contributed by atoms with Crippen molar-refractivity contribution in [2.24, 2.45) is 5.92 Å². The Morgan fingerprint density at radius 1 is 1.31 bits per heavy atom. The van der Waals surface area contributed by atoms with Gasteiger partial charge in [-0.1, -0.05) is 31.2 Å². The number of nitrogens with zero attached hydrogens (tertiary/aromatic N) is 1. The maximum Gasteiger partial charge on any atom is 0.408 e. The van der Waals surface area contributed by atoms with Crippen LogP contribution in [0.5, 0.6) is 0 Å². The molecule has 0 radical (unpaired) electrons. The molecule has 0 spiro atoms. The molecule has 0 aliphatic rings. The average Bonchev–Trinajstić information content (AvgIpc) is 2.98. The molecule has 0 saturated heterocycles. The highest BCUT2D eigenvalue weighted by Crippen LogP contribution is 2.29. The summed E-state index contributed by atoms with van der Waals surface area (Å²) >= 11 is 1.61. The number of aliphatic hydroxyl groups excluding tert-OH is 1. The van der Waals surface area contributed by atoms with Gasteiger partial charge in [-0.3, -0.25) is 0 Å². The van der Waals surface area contributed by atoms with E-state index in [0.29, 0.717) is 6.42 Å². The van der Waals surface area contributed by atoms with Gasteiger partial charge in [-0.05, 0) is 51.2 Å². The number of benzene rings is 1. The summed E-state index contributed by atoms with van der Waals surface area (Å²) in [6, 6.07) is 7.90. The molecule has 0 fully saturated rings. The summed E-state index contributed by atoms with van der Waals surface area (Å²) in [5.41, 5.74) is 4.40. The van der Waals surface area contributed by atoms with Crippen molar-refractivity contribution >= 4 is 17.4 Å². The number of carbonyl (C=O) groups excluding carboxylic acids is 1. The summed E-state index contributed by atoms with van der Waals surface area (Å²) < 4.78 is 5.38. The largest absolute Gasteiger partial charge is 0.444 e. The van der Waals surface area contributed by atoms with Gasteiger partial charge in [0.2, 0.25) is 0 Å². The van der Waals surface area contributed by atoms with Gasteiger partial charge < -0.3 is 15.2 Å². The molecular formula is C20H28N2O3S. The van der Waals surface area contributed by atoms with Crippen LogP contribution >= 0.6 is 11.3 Å². The molecule has 1 unspecified atom stereocenters. The number of amides is 1. The van der Waals surface area contributed by atoms with E-state index in [1.54, 1.807) is 11.3 Å². The van der Waals surface area contributed by atoms with Gasteiger partial charge in [0.15, 0.2) is 0 Å². The second-order valence-corrected chi connectivity index (χ2v) is 8.47. The molecule has 1 aromatic heterocycles. The fourth-order valence-corrected chi connectivity index (χ4v) is 3.46. The molecule has 1 heterocycles. The summed E-state index contributed by atoms with van der Waals surface area (Å²) in [6.45, 7) is 9.54. The number of alkyl carbamates (subject to hydrolysis) is 1. The third-order valence-electron chi connectivity index (χ3n) is 3.96. The van der Waals surface area contributed by atoms with Crippen molar-refractivity contribution in [3.05, 3.63) is 41.0 Å². The molecule has 26 heavy (non-hydrogen) atoms. The second kappa shape index (κ2) is 8.64. The van der Waals surface area contributed by atoms with E-state index >= 15 is 0 Å². The van der Waals surface area contributed by atoms with E-state index in [1.165, 1.54) is 0 Å². The van der Waals surface area contributed by atoms with E-state index in [2.05, 4.69) is 10.3 Å². The first-order chi connectivity index (χ1) is 12.2. The average molecular weight is 377 g/mol. The number of thiazole rings is 1. The maximum atomic E-state index is 12.2. The van der Waals surface area contributed by atoms with E-state index in [1.807, 2.05) is 64.4 Å². The molecule has 0 bridgehead atoms. The highest BCUT2D eigenvalue weighted by atomic mass is 32.1. The lowest BCUT2D eigenvalue weighted by molar-refractivity contribution is 0.0493. The van der Waals surface area contributed by atoms with Crippen LogP contribution in [0.2, 0.25) is 0 Å². The minimum absolute atomic E-state index is 0.0679. The third-order valence-corrected chi connectivity index (χ3v) is 4.94. The number of carbonyl (C=O) groups is 1. The quantitative estimate of drug-likeness (QED) is 0.766. The van der Waals surface area contributed by atoms with Gasteiger partial charge in [0.1, 0.15) is 5.60 Å². The molecule has 0 saturated carbocycles. The van der Waals surface area contributed by atoms with Crippen LogP contribution in [0.15, 0.2) is 29.8 Å². The first kappa shape index (κ1) is 20.4. The first-order valence-corrected chi connectivity index (χ1v) is 9.68. The summed E-state index contributed by atoms with van der Waals surface area (Å²) in [4.78, 5) is 17.6. The van der Waals surface area contributed by atoms with Crippen molar-refractivity contribution in [3.63, 3.8) is 0 Å². The number of hydrogen-bond acceptors (Lipinski definition) is 5. The number of rotatable bonds is 6. The van der Waals surface area contributed by atoms with Crippen LogP contribution in [-0.2, 0) is 4.74 Å². The molecule has 0 aliphatic heterocycles. The number of aliphatic hydroxyl groups is 1. The molecule has 1 amide bonds. The summed E-state index contributed by atoms with van der Waals surface area (Å²) in [7, 11) is 0. The van der Waals surface area contributed by atoms with E-state index in [9.17, 15) is 9.90 Å². The predicted octanol–water partition coefficient (Wildman–Crippen LogP) is 4.70. The molecule has 142 valence electrons. The third kappa shape index (κ3) is 5.81. The van der Waals surface area contributed by atoms with Crippen LogP contribution in [0.25, 0.3) is 10.4 Å². The van der Waals surface area contributed by atoms with Gasteiger partial charge in [0, 0.05) is 6.61 Å². The normalized spacial score (nSPS) is 13.9. The van der Waals surface area contributed by atoms with Gasteiger partial charge in [-0.25, -0.2) is 9.78 Å². The van der Waals surface area contributed by atoms with Crippen molar-refractivity contribution < 1.29 is 14.6 Å². The Labute approximate surface area is 159 Å². The predicted molar refractivity (Wildman–Crippen MR) is 105 cm³/mol. The van der Waals surface area contributed by atoms with E-state index < -0.39 is 11.7 Å². The number of aromatic nitrogens is 1. The van der Waals surface area contributed by atoms with Crippen LogP contribution in [0.3, 0.4) is 0 Å². The van der Waals surface area contributed by atoms with Gasteiger partial charge in [0.05, 0.1) is 22.1 Å². The van der Waals surface area contributed by atoms with Crippen molar-refractivity contribution in [2.75, 3.05) is 6.61 Å². The Kier molecular flexibility index (Phi) is 6.78. The molecule has 0 aliphatic carbocycles. The van der Waals surface area contributed by atoms with Crippen LogP contribution < -0.4 is 5.32 Å². The van der Waals surface area contributed by atoms with Gasteiger partial charge >= 0.3 is 6.09 Å². The van der Waals surface area contributed by atoms with E-state index in [-0.39, 0.29) is 18.6 Å². The summed E-state index contributed by atoms with van der Waals surface area (Å²) in [5.74, 6) is 0.0679. The van der Waals surface area contributed by atoms with Crippen LogP contribution in [0.1, 0.15) is 51.4 Å². The summed E-state index contributed by atoms with van der Waals surface area (Å²) in [6.07, 6.45) is 0.185. The lowest BCUT2D eigenvalue weighted by atomic mass is 9.95. The smallest absolute Gasteiger partial charge is 0.408 e. The molecular weight excluding hydrogens is 348 g/mol. The molecule has 2 N–H and O–H groups in total. The highest BCUT2D eigenvalue weighted by Gasteiger charge is 2.22. The van der Waals surface area contributed by atoms with Crippen molar-refractivity contribution in [3.8, 4) is 10.4 Å². The van der Waals surface area contributed by atoms with Crippen LogP contribution in [-0.4, -0.2) is 28.4 Å². The van der Waals surface area contributed by atoms with Crippen molar-refractivity contribution in [2.45, 2.75) is 52.7 Å². The minimum atomic E-state index is -0.551. The number of hydrogen-bond donors (Lipinski definition) is 2. The van der Waals surface area contributed by atoms with Crippen molar-refractivity contribution in [1.29, 1.82) is 0 Å². The first-order valence-electron chi connectivity index (χ1n) is 8.80. The zero-order valence-electron chi connectivity index (χ0n) is 16.1. The molecule has 6 heteroatoms. The second-order valence-electron chi connectivity index (χ2n) is 7.61. The minimum Gasteiger partial charge on any atom is -0.444 e. The molecule has 2 aromatic rings. The number of ether oxygens (including phenoxy) is 1. The van der Waals surface area contributed by atoms with Gasteiger partial charge in [-0.2, -0.15) is 0 Å². The summed E-state index contributed by atoms with van der Waals surface area (Å²) in [5, 5.41) is 12.3. The lowest BCUT2D eigenvalue weighted by Crippen LogP contribution is -2.35. The SMILES string of the molecule is Cc1ncsc1-c1ccc([C@H](CC(C)CO)NC(=O)OC(C)(C)C)cc1. The zero-order valence-corrected chi connectivity index (χ0v) is 16.9. The fraction of sp³-hybridized carbons (Fsp3) is 0.500. The Balaban J connectivity index is 2.19. The molecule has 1 aromatic carbocycles.